The van der Waals surface area contributed by atoms with Crippen LogP contribution in [0.1, 0.15) is 58.2 Å². The lowest BCUT2D eigenvalue weighted by Crippen LogP contribution is -2.26. The molecular formula is C12H21N3S. The SMILES string of the molecule is CC1CCCC(Nc2nc(C(C)C)ns2)C1. The maximum absolute atomic E-state index is 4.53. The molecule has 90 valence electrons. The Kier molecular flexibility index (Phi) is 3.79. The van der Waals surface area contributed by atoms with Crippen molar-refractivity contribution in [1.29, 1.82) is 0 Å². The fourth-order valence-corrected chi connectivity index (χ4v) is 3.05. The van der Waals surface area contributed by atoms with Crippen LogP contribution in [0.4, 0.5) is 5.13 Å². The predicted molar refractivity (Wildman–Crippen MR) is 69.0 cm³/mol. The highest BCUT2D eigenvalue weighted by Crippen LogP contribution is 2.27. The zero-order chi connectivity index (χ0) is 11.5. The van der Waals surface area contributed by atoms with Crippen molar-refractivity contribution in [3.8, 4) is 0 Å². The summed E-state index contributed by atoms with van der Waals surface area (Å²) in [6.07, 6.45) is 5.28. The van der Waals surface area contributed by atoms with Crippen LogP contribution < -0.4 is 5.32 Å². The lowest BCUT2D eigenvalue weighted by Gasteiger charge is -2.27. The van der Waals surface area contributed by atoms with Gasteiger partial charge in [0.05, 0.1) is 0 Å². The molecule has 1 saturated carbocycles. The number of aromatic nitrogens is 2. The molecule has 0 bridgehead atoms. The van der Waals surface area contributed by atoms with E-state index in [4.69, 9.17) is 0 Å². The normalized spacial score (nSPS) is 26.0. The van der Waals surface area contributed by atoms with Crippen LogP contribution in [0.15, 0.2) is 0 Å². The number of nitrogens with one attached hydrogen (secondary N) is 1. The van der Waals surface area contributed by atoms with E-state index in [-0.39, 0.29) is 0 Å². The Morgan fingerprint density at radius 1 is 1.38 bits per heavy atom. The zero-order valence-corrected chi connectivity index (χ0v) is 11.2. The Morgan fingerprint density at radius 2 is 2.19 bits per heavy atom. The molecule has 1 N–H and O–H groups in total. The average Bonchev–Trinajstić information content (AvgIpc) is 2.66. The van der Waals surface area contributed by atoms with Crippen LogP contribution in [-0.2, 0) is 0 Å². The Hall–Kier alpha value is -0.640. The molecular weight excluding hydrogens is 218 g/mol. The summed E-state index contributed by atoms with van der Waals surface area (Å²) in [4.78, 5) is 4.53. The molecule has 1 aliphatic rings. The molecule has 4 heteroatoms. The summed E-state index contributed by atoms with van der Waals surface area (Å²) in [6.45, 7) is 6.61. The fourth-order valence-electron chi connectivity index (χ4n) is 2.27. The van der Waals surface area contributed by atoms with Gasteiger partial charge in [-0.3, -0.25) is 0 Å². The topological polar surface area (TPSA) is 37.8 Å². The van der Waals surface area contributed by atoms with Crippen molar-refractivity contribution in [1.82, 2.24) is 9.36 Å². The molecule has 1 fully saturated rings. The van der Waals surface area contributed by atoms with Gasteiger partial charge in [-0.15, -0.1) is 0 Å². The van der Waals surface area contributed by atoms with Gasteiger partial charge in [-0.2, -0.15) is 4.37 Å². The first-order chi connectivity index (χ1) is 7.65. The number of anilines is 1. The van der Waals surface area contributed by atoms with Crippen LogP contribution >= 0.6 is 11.5 Å². The lowest BCUT2D eigenvalue weighted by molar-refractivity contribution is 0.358. The average molecular weight is 239 g/mol. The maximum atomic E-state index is 4.53. The third-order valence-electron chi connectivity index (χ3n) is 3.22. The lowest BCUT2D eigenvalue weighted by atomic mass is 9.87. The first kappa shape index (κ1) is 11.8. The Morgan fingerprint density at radius 3 is 2.81 bits per heavy atom. The molecule has 0 amide bonds. The van der Waals surface area contributed by atoms with Gasteiger partial charge in [0.1, 0.15) is 5.82 Å². The second-order valence-electron chi connectivity index (χ2n) is 5.23. The first-order valence-electron chi connectivity index (χ1n) is 6.25. The fraction of sp³-hybridized carbons (Fsp3) is 0.833. The molecule has 0 spiro atoms. The maximum Gasteiger partial charge on any atom is 0.202 e. The summed E-state index contributed by atoms with van der Waals surface area (Å²) in [5.74, 6) is 2.25. The Labute approximate surface area is 102 Å². The highest BCUT2D eigenvalue weighted by Gasteiger charge is 2.19. The molecule has 16 heavy (non-hydrogen) atoms. The second-order valence-corrected chi connectivity index (χ2v) is 5.98. The summed E-state index contributed by atoms with van der Waals surface area (Å²) in [5.41, 5.74) is 0. The number of rotatable bonds is 3. The highest BCUT2D eigenvalue weighted by atomic mass is 32.1. The Bertz CT molecular complexity index is 335. The monoisotopic (exact) mass is 239 g/mol. The molecule has 1 aliphatic carbocycles. The second kappa shape index (κ2) is 5.13. The molecule has 2 atom stereocenters. The van der Waals surface area contributed by atoms with Gasteiger partial charge < -0.3 is 5.32 Å². The minimum atomic E-state index is 0.428. The zero-order valence-electron chi connectivity index (χ0n) is 10.4. The first-order valence-corrected chi connectivity index (χ1v) is 7.02. The van der Waals surface area contributed by atoms with Gasteiger partial charge in [-0.25, -0.2) is 4.98 Å². The van der Waals surface area contributed by atoms with E-state index in [1.807, 2.05) is 0 Å². The van der Waals surface area contributed by atoms with E-state index >= 15 is 0 Å². The van der Waals surface area contributed by atoms with Gasteiger partial charge in [-0.05, 0) is 18.8 Å². The van der Waals surface area contributed by atoms with Crippen LogP contribution in [0.2, 0.25) is 0 Å². The summed E-state index contributed by atoms with van der Waals surface area (Å²) >= 11 is 1.50. The van der Waals surface area contributed by atoms with E-state index in [2.05, 4.69) is 35.4 Å². The van der Waals surface area contributed by atoms with E-state index in [0.717, 1.165) is 16.9 Å². The van der Waals surface area contributed by atoms with E-state index in [9.17, 15) is 0 Å². The van der Waals surface area contributed by atoms with E-state index in [1.165, 1.54) is 37.2 Å². The van der Waals surface area contributed by atoms with Crippen molar-refractivity contribution in [2.24, 2.45) is 5.92 Å². The number of nitrogens with zero attached hydrogens (tertiary/aromatic N) is 2. The minimum absolute atomic E-state index is 0.428. The van der Waals surface area contributed by atoms with E-state index in [0.29, 0.717) is 12.0 Å². The third kappa shape index (κ3) is 2.94. The molecule has 0 radical (unpaired) electrons. The molecule has 0 aromatic carbocycles. The molecule has 3 nitrogen and oxygen atoms in total. The molecule has 2 unspecified atom stereocenters. The van der Waals surface area contributed by atoms with Gasteiger partial charge in [0.2, 0.25) is 5.13 Å². The molecule has 1 aromatic heterocycles. The summed E-state index contributed by atoms with van der Waals surface area (Å²) in [6, 6.07) is 0.608. The van der Waals surface area contributed by atoms with Crippen LogP contribution in [-0.4, -0.2) is 15.4 Å². The van der Waals surface area contributed by atoms with Crippen LogP contribution in [0.3, 0.4) is 0 Å². The summed E-state index contributed by atoms with van der Waals surface area (Å²) in [5, 5.41) is 4.53. The predicted octanol–water partition coefficient (Wildman–Crippen LogP) is 3.65. The van der Waals surface area contributed by atoms with E-state index in [1.54, 1.807) is 0 Å². The molecule has 0 saturated heterocycles. The van der Waals surface area contributed by atoms with Crippen molar-refractivity contribution in [3.05, 3.63) is 5.82 Å². The van der Waals surface area contributed by atoms with Crippen molar-refractivity contribution >= 4 is 16.7 Å². The number of hydrogen-bond donors (Lipinski definition) is 1. The molecule has 0 aliphatic heterocycles. The van der Waals surface area contributed by atoms with Crippen LogP contribution in [0.25, 0.3) is 0 Å². The summed E-state index contributed by atoms with van der Waals surface area (Å²) < 4.78 is 4.37. The van der Waals surface area contributed by atoms with Crippen molar-refractivity contribution in [2.45, 2.75) is 58.4 Å². The van der Waals surface area contributed by atoms with Gasteiger partial charge in [0.25, 0.3) is 0 Å². The van der Waals surface area contributed by atoms with E-state index < -0.39 is 0 Å². The van der Waals surface area contributed by atoms with Gasteiger partial charge >= 0.3 is 0 Å². The smallest absolute Gasteiger partial charge is 0.202 e. The largest absolute Gasteiger partial charge is 0.358 e. The third-order valence-corrected chi connectivity index (χ3v) is 3.88. The Balaban J connectivity index is 1.92. The molecule has 2 rings (SSSR count). The summed E-state index contributed by atoms with van der Waals surface area (Å²) in [7, 11) is 0. The van der Waals surface area contributed by atoms with Crippen molar-refractivity contribution in [2.75, 3.05) is 5.32 Å². The molecule has 1 aromatic rings. The number of hydrogen-bond acceptors (Lipinski definition) is 4. The van der Waals surface area contributed by atoms with Gasteiger partial charge in [0, 0.05) is 23.5 Å². The van der Waals surface area contributed by atoms with Crippen LogP contribution in [0, 0.1) is 5.92 Å². The van der Waals surface area contributed by atoms with Gasteiger partial charge in [-0.1, -0.05) is 33.6 Å². The van der Waals surface area contributed by atoms with Gasteiger partial charge in [0.15, 0.2) is 0 Å². The quantitative estimate of drug-likeness (QED) is 0.875. The standard InChI is InChI=1S/C12H21N3S/c1-8(2)11-14-12(16-15-11)13-10-6-4-5-9(3)7-10/h8-10H,4-7H2,1-3H3,(H,13,14,15). The molecule has 1 heterocycles. The van der Waals surface area contributed by atoms with Crippen molar-refractivity contribution < 1.29 is 0 Å². The van der Waals surface area contributed by atoms with Crippen molar-refractivity contribution in [3.63, 3.8) is 0 Å². The highest BCUT2D eigenvalue weighted by molar-refractivity contribution is 7.09. The van der Waals surface area contributed by atoms with Crippen LogP contribution in [0.5, 0.6) is 0 Å². The minimum Gasteiger partial charge on any atom is -0.358 e.